The third-order valence-electron chi connectivity index (χ3n) is 1.74. The number of para-hydroxylation sites is 2. The number of rotatable bonds is 1. The molecule has 0 spiro atoms. The summed E-state index contributed by atoms with van der Waals surface area (Å²) in [6, 6.07) is 7.34. The van der Waals surface area contributed by atoms with E-state index in [-0.39, 0.29) is 0 Å². The van der Waals surface area contributed by atoms with Gasteiger partial charge in [-0.05, 0) is 12.1 Å². The molecule has 5 nitrogen and oxygen atoms in total. The van der Waals surface area contributed by atoms with Crippen molar-refractivity contribution in [1.82, 2.24) is 15.0 Å². The highest BCUT2D eigenvalue weighted by Gasteiger charge is 2.04. The van der Waals surface area contributed by atoms with Crippen LogP contribution >= 0.6 is 0 Å². The van der Waals surface area contributed by atoms with Crippen LogP contribution in [0.3, 0.4) is 0 Å². The summed E-state index contributed by atoms with van der Waals surface area (Å²) in [5, 5.41) is 7.48. The first kappa shape index (κ1) is 7.60. The Bertz CT molecular complexity index is 420. The smallest absolute Gasteiger partial charge is 0.147 e. The van der Waals surface area contributed by atoms with E-state index < -0.39 is 0 Å². The molecule has 1 aromatic carbocycles. The highest BCUT2D eigenvalue weighted by atomic mass is 15.4. The van der Waals surface area contributed by atoms with E-state index >= 15 is 0 Å². The fourth-order valence-corrected chi connectivity index (χ4v) is 1.11. The topological polar surface area (TPSA) is 82.8 Å². The lowest BCUT2D eigenvalue weighted by Gasteiger charge is -2.04. The van der Waals surface area contributed by atoms with Gasteiger partial charge in [-0.1, -0.05) is 17.3 Å². The lowest BCUT2D eigenvalue weighted by atomic mass is 10.3. The number of anilines is 2. The normalized spacial score (nSPS) is 10.2. The van der Waals surface area contributed by atoms with Gasteiger partial charge in [0, 0.05) is 0 Å². The highest BCUT2D eigenvalue weighted by Crippen LogP contribution is 2.17. The minimum atomic E-state index is 0.470. The maximum atomic E-state index is 5.74. The molecule has 1 aromatic heterocycles. The quantitative estimate of drug-likeness (QED) is 0.616. The predicted molar refractivity (Wildman–Crippen MR) is 50.2 cm³/mol. The van der Waals surface area contributed by atoms with Gasteiger partial charge in [0.2, 0.25) is 0 Å². The highest BCUT2D eigenvalue weighted by molar-refractivity contribution is 5.59. The van der Waals surface area contributed by atoms with Gasteiger partial charge in [0.1, 0.15) is 5.82 Å². The summed E-state index contributed by atoms with van der Waals surface area (Å²) in [4.78, 5) is 0. The summed E-state index contributed by atoms with van der Waals surface area (Å²) >= 11 is 0. The Kier molecular flexibility index (Phi) is 1.63. The molecule has 13 heavy (non-hydrogen) atoms. The molecule has 0 aliphatic rings. The molecule has 0 fully saturated rings. The maximum absolute atomic E-state index is 5.74. The van der Waals surface area contributed by atoms with E-state index in [1.54, 1.807) is 6.07 Å². The molecule has 4 N–H and O–H groups in total. The van der Waals surface area contributed by atoms with Crippen molar-refractivity contribution in [2.24, 2.45) is 0 Å². The number of nitrogens with two attached hydrogens (primary N) is 2. The lowest BCUT2D eigenvalue weighted by Crippen LogP contribution is -2.04. The molecule has 0 aliphatic carbocycles. The summed E-state index contributed by atoms with van der Waals surface area (Å²) in [5.41, 5.74) is 12.7. The number of hydrogen-bond acceptors (Lipinski definition) is 4. The van der Waals surface area contributed by atoms with Gasteiger partial charge in [0.15, 0.2) is 0 Å². The van der Waals surface area contributed by atoms with Crippen LogP contribution in [0.4, 0.5) is 11.5 Å². The SMILES string of the molecule is Nc1ccccc1-n1nncc1N. The fourth-order valence-electron chi connectivity index (χ4n) is 1.11. The average Bonchev–Trinajstić information content (AvgIpc) is 2.52. The van der Waals surface area contributed by atoms with E-state index in [2.05, 4.69) is 10.3 Å². The van der Waals surface area contributed by atoms with Crippen molar-refractivity contribution in [3.63, 3.8) is 0 Å². The summed E-state index contributed by atoms with van der Waals surface area (Å²) < 4.78 is 1.50. The van der Waals surface area contributed by atoms with Gasteiger partial charge in [-0.15, -0.1) is 5.10 Å². The third kappa shape index (κ3) is 1.20. The summed E-state index contributed by atoms with van der Waals surface area (Å²) in [6.45, 7) is 0. The fraction of sp³-hybridized carbons (Fsp3) is 0. The zero-order chi connectivity index (χ0) is 9.26. The molecule has 1 heterocycles. The molecule has 0 aliphatic heterocycles. The van der Waals surface area contributed by atoms with Gasteiger partial charge < -0.3 is 11.5 Å². The Morgan fingerprint density at radius 3 is 2.54 bits per heavy atom. The molecule has 2 rings (SSSR count). The van der Waals surface area contributed by atoms with Crippen molar-refractivity contribution >= 4 is 11.5 Å². The van der Waals surface area contributed by atoms with E-state index in [1.807, 2.05) is 18.2 Å². The van der Waals surface area contributed by atoms with Crippen LogP contribution in [0.5, 0.6) is 0 Å². The third-order valence-corrected chi connectivity index (χ3v) is 1.74. The minimum Gasteiger partial charge on any atom is -0.397 e. The van der Waals surface area contributed by atoms with Gasteiger partial charge in [-0.25, -0.2) is 0 Å². The number of hydrogen-bond donors (Lipinski definition) is 2. The first-order chi connectivity index (χ1) is 6.29. The van der Waals surface area contributed by atoms with Gasteiger partial charge in [-0.2, -0.15) is 4.68 Å². The van der Waals surface area contributed by atoms with E-state index in [0.29, 0.717) is 11.5 Å². The molecule has 0 amide bonds. The van der Waals surface area contributed by atoms with Crippen molar-refractivity contribution in [1.29, 1.82) is 0 Å². The summed E-state index contributed by atoms with van der Waals surface area (Å²) in [7, 11) is 0. The molecule has 2 aromatic rings. The Morgan fingerprint density at radius 1 is 1.15 bits per heavy atom. The maximum Gasteiger partial charge on any atom is 0.147 e. The second-order valence-electron chi connectivity index (χ2n) is 2.63. The molecule has 0 bridgehead atoms. The Hall–Kier alpha value is -2.04. The van der Waals surface area contributed by atoms with Gasteiger partial charge in [-0.3, -0.25) is 0 Å². The number of nitrogens with zero attached hydrogens (tertiary/aromatic N) is 3. The van der Waals surface area contributed by atoms with Crippen molar-refractivity contribution in [2.75, 3.05) is 11.5 Å². The first-order valence-corrected chi connectivity index (χ1v) is 3.80. The zero-order valence-corrected chi connectivity index (χ0v) is 6.88. The lowest BCUT2D eigenvalue weighted by molar-refractivity contribution is 0.811. The van der Waals surface area contributed by atoms with Crippen LogP contribution in [0.25, 0.3) is 5.69 Å². The number of aromatic nitrogens is 3. The van der Waals surface area contributed by atoms with Crippen LogP contribution in [0, 0.1) is 0 Å². The average molecular weight is 175 g/mol. The van der Waals surface area contributed by atoms with E-state index in [1.165, 1.54) is 10.9 Å². The molecular formula is C8H9N5. The molecule has 0 saturated heterocycles. The molecular weight excluding hydrogens is 166 g/mol. The van der Waals surface area contributed by atoms with Gasteiger partial charge in [0.25, 0.3) is 0 Å². The largest absolute Gasteiger partial charge is 0.397 e. The van der Waals surface area contributed by atoms with Crippen molar-refractivity contribution in [3.05, 3.63) is 30.5 Å². The van der Waals surface area contributed by atoms with E-state index in [9.17, 15) is 0 Å². The second-order valence-corrected chi connectivity index (χ2v) is 2.63. The molecule has 5 heteroatoms. The van der Waals surface area contributed by atoms with Gasteiger partial charge >= 0.3 is 0 Å². The molecule has 66 valence electrons. The number of nitrogen functional groups attached to an aromatic ring is 2. The first-order valence-electron chi connectivity index (χ1n) is 3.80. The molecule has 0 atom stereocenters. The number of benzene rings is 1. The van der Waals surface area contributed by atoms with E-state index in [4.69, 9.17) is 11.5 Å². The van der Waals surface area contributed by atoms with Crippen LogP contribution < -0.4 is 11.5 Å². The van der Waals surface area contributed by atoms with Crippen LogP contribution in [0.1, 0.15) is 0 Å². The summed E-state index contributed by atoms with van der Waals surface area (Å²) in [5.74, 6) is 0.470. The Morgan fingerprint density at radius 2 is 1.92 bits per heavy atom. The monoisotopic (exact) mass is 175 g/mol. The minimum absolute atomic E-state index is 0.470. The molecule has 0 unspecified atom stereocenters. The van der Waals surface area contributed by atoms with Crippen LogP contribution in [0.15, 0.2) is 30.5 Å². The standard InChI is InChI=1S/C8H9N5/c9-6-3-1-2-4-7(6)13-8(10)5-11-12-13/h1-5H,9-10H2. The van der Waals surface area contributed by atoms with Crippen molar-refractivity contribution < 1.29 is 0 Å². The zero-order valence-electron chi connectivity index (χ0n) is 6.88. The molecule has 0 radical (unpaired) electrons. The van der Waals surface area contributed by atoms with Crippen molar-refractivity contribution in [3.8, 4) is 5.69 Å². The second kappa shape index (κ2) is 2.78. The van der Waals surface area contributed by atoms with Crippen LogP contribution in [-0.4, -0.2) is 15.0 Å². The van der Waals surface area contributed by atoms with Crippen LogP contribution in [0.2, 0.25) is 0 Å². The Balaban J connectivity index is 2.59. The van der Waals surface area contributed by atoms with Gasteiger partial charge in [0.05, 0.1) is 17.6 Å². The van der Waals surface area contributed by atoms with Crippen molar-refractivity contribution in [2.45, 2.75) is 0 Å². The predicted octanol–water partition coefficient (Wildman–Crippen LogP) is 0.432. The summed E-state index contributed by atoms with van der Waals surface area (Å²) in [6.07, 6.45) is 1.48. The van der Waals surface area contributed by atoms with Crippen LogP contribution in [-0.2, 0) is 0 Å². The van der Waals surface area contributed by atoms with E-state index in [0.717, 1.165) is 5.69 Å². The molecule has 0 saturated carbocycles. The Labute approximate surface area is 75.0 Å².